The summed E-state index contributed by atoms with van der Waals surface area (Å²) in [4.78, 5) is 12.5. The van der Waals surface area contributed by atoms with Crippen LogP contribution in [0.25, 0.3) is 6.08 Å². The summed E-state index contributed by atoms with van der Waals surface area (Å²) in [6.07, 6.45) is 1.47. The van der Waals surface area contributed by atoms with Crippen molar-refractivity contribution in [2.45, 2.75) is 13.5 Å². The molecule has 0 aliphatic heterocycles. The topological polar surface area (TPSA) is 62.1 Å². The van der Waals surface area contributed by atoms with Crippen molar-refractivity contribution in [3.05, 3.63) is 99.8 Å². The molecule has 3 rings (SSSR count). The predicted molar refractivity (Wildman–Crippen MR) is 116 cm³/mol. The van der Waals surface area contributed by atoms with Crippen LogP contribution in [0, 0.1) is 24.1 Å². The Balaban J connectivity index is 1.72. The van der Waals surface area contributed by atoms with E-state index in [4.69, 9.17) is 16.3 Å². The number of halogens is 2. The first-order valence-corrected chi connectivity index (χ1v) is 9.49. The highest BCUT2D eigenvalue weighted by molar-refractivity contribution is 6.31. The van der Waals surface area contributed by atoms with Gasteiger partial charge in [-0.2, -0.15) is 5.26 Å². The standard InChI is InChI=1S/C24H18ClFN2O2/c1-16-8-9-21(13-23(16)25)28-24(29)19(14-27)10-17-4-3-7-22(12-17)30-15-18-5-2-6-20(26)11-18/h2-13H,15H2,1H3,(H,28,29)/b19-10-. The van der Waals surface area contributed by atoms with Gasteiger partial charge in [0, 0.05) is 10.7 Å². The Morgan fingerprint density at radius 2 is 1.97 bits per heavy atom. The summed E-state index contributed by atoms with van der Waals surface area (Å²) in [5.74, 6) is -0.327. The lowest BCUT2D eigenvalue weighted by Crippen LogP contribution is -2.13. The molecule has 4 nitrogen and oxygen atoms in total. The minimum atomic E-state index is -0.538. The minimum absolute atomic E-state index is 0.0611. The molecule has 0 aromatic heterocycles. The molecule has 1 N–H and O–H groups in total. The molecule has 0 saturated carbocycles. The molecule has 1 amide bonds. The number of nitrogens with zero attached hydrogens (tertiary/aromatic N) is 1. The van der Waals surface area contributed by atoms with E-state index in [1.165, 1.54) is 18.2 Å². The highest BCUT2D eigenvalue weighted by Crippen LogP contribution is 2.21. The van der Waals surface area contributed by atoms with Crippen molar-refractivity contribution in [1.29, 1.82) is 5.26 Å². The Morgan fingerprint density at radius 1 is 1.17 bits per heavy atom. The predicted octanol–water partition coefficient (Wildman–Crippen LogP) is 5.91. The molecular formula is C24H18ClFN2O2. The number of hydrogen-bond donors (Lipinski definition) is 1. The first-order chi connectivity index (χ1) is 14.4. The Bertz CT molecular complexity index is 1150. The van der Waals surface area contributed by atoms with Crippen LogP contribution in [0.2, 0.25) is 5.02 Å². The van der Waals surface area contributed by atoms with E-state index in [9.17, 15) is 14.4 Å². The smallest absolute Gasteiger partial charge is 0.266 e. The van der Waals surface area contributed by atoms with Gasteiger partial charge in [0.15, 0.2) is 0 Å². The molecule has 0 aliphatic carbocycles. The lowest BCUT2D eigenvalue weighted by atomic mass is 10.1. The van der Waals surface area contributed by atoms with Crippen LogP contribution in [0.3, 0.4) is 0 Å². The van der Waals surface area contributed by atoms with Crippen LogP contribution in [-0.2, 0) is 11.4 Å². The largest absolute Gasteiger partial charge is 0.489 e. The molecular weight excluding hydrogens is 403 g/mol. The summed E-state index contributed by atoms with van der Waals surface area (Å²) in [7, 11) is 0. The van der Waals surface area contributed by atoms with Crippen LogP contribution < -0.4 is 10.1 Å². The molecule has 0 fully saturated rings. The number of amides is 1. The van der Waals surface area contributed by atoms with Crippen molar-refractivity contribution in [2.75, 3.05) is 5.32 Å². The third-order valence-corrected chi connectivity index (χ3v) is 4.67. The van der Waals surface area contributed by atoms with Crippen LogP contribution in [0.5, 0.6) is 5.75 Å². The van der Waals surface area contributed by atoms with E-state index in [2.05, 4.69) is 5.32 Å². The average Bonchev–Trinajstić information content (AvgIpc) is 2.73. The molecule has 0 atom stereocenters. The molecule has 0 radical (unpaired) electrons. The van der Waals surface area contributed by atoms with Crippen LogP contribution in [0.15, 0.2) is 72.3 Å². The van der Waals surface area contributed by atoms with Crippen LogP contribution in [-0.4, -0.2) is 5.91 Å². The molecule has 0 spiro atoms. The zero-order valence-electron chi connectivity index (χ0n) is 16.2. The number of benzene rings is 3. The number of aryl methyl sites for hydroxylation is 1. The minimum Gasteiger partial charge on any atom is -0.489 e. The van der Waals surface area contributed by atoms with E-state index < -0.39 is 5.91 Å². The van der Waals surface area contributed by atoms with Crippen LogP contribution in [0.4, 0.5) is 10.1 Å². The van der Waals surface area contributed by atoms with Gasteiger partial charge in [-0.15, -0.1) is 0 Å². The molecule has 0 heterocycles. The van der Waals surface area contributed by atoms with Gasteiger partial charge in [-0.05, 0) is 66.1 Å². The summed E-state index contributed by atoms with van der Waals surface area (Å²) in [6.45, 7) is 2.06. The van der Waals surface area contributed by atoms with Crippen molar-refractivity contribution in [3.8, 4) is 11.8 Å². The summed E-state index contributed by atoms with van der Waals surface area (Å²) < 4.78 is 19.0. The van der Waals surface area contributed by atoms with Gasteiger partial charge in [-0.25, -0.2) is 4.39 Å². The number of carbonyl (C=O) groups is 1. The highest BCUT2D eigenvalue weighted by Gasteiger charge is 2.10. The van der Waals surface area contributed by atoms with E-state index in [1.54, 1.807) is 54.6 Å². The molecule has 0 unspecified atom stereocenters. The van der Waals surface area contributed by atoms with E-state index in [0.717, 1.165) is 5.56 Å². The molecule has 0 aliphatic rings. The van der Waals surface area contributed by atoms with Crippen LogP contribution in [0.1, 0.15) is 16.7 Å². The zero-order chi connectivity index (χ0) is 21.5. The van der Waals surface area contributed by atoms with E-state index >= 15 is 0 Å². The Labute approximate surface area is 179 Å². The molecule has 3 aromatic carbocycles. The second kappa shape index (κ2) is 9.73. The highest BCUT2D eigenvalue weighted by atomic mass is 35.5. The SMILES string of the molecule is Cc1ccc(NC(=O)/C(C#N)=C\c2cccc(OCc3cccc(F)c3)c2)cc1Cl. The Kier molecular flexibility index (Phi) is 6.84. The molecule has 3 aromatic rings. The lowest BCUT2D eigenvalue weighted by Gasteiger charge is -2.08. The van der Waals surface area contributed by atoms with E-state index in [0.29, 0.717) is 27.6 Å². The number of carbonyl (C=O) groups excluding carboxylic acids is 1. The van der Waals surface area contributed by atoms with Gasteiger partial charge in [0.1, 0.15) is 29.8 Å². The zero-order valence-corrected chi connectivity index (χ0v) is 16.9. The molecule has 0 saturated heterocycles. The fraction of sp³-hybridized carbons (Fsp3) is 0.0833. The first-order valence-electron chi connectivity index (χ1n) is 9.11. The van der Waals surface area contributed by atoms with Gasteiger partial charge in [-0.3, -0.25) is 4.79 Å². The summed E-state index contributed by atoms with van der Waals surface area (Å²) in [6, 6.07) is 20.1. The lowest BCUT2D eigenvalue weighted by molar-refractivity contribution is -0.112. The van der Waals surface area contributed by atoms with Gasteiger partial charge in [0.2, 0.25) is 0 Å². The van der Waals surface area contributed by atoms with Crippen molar-refractivity contribution >= 4 is 29.3 Å². The summed E-state index contributed by atoms with van der Waals surface area (Å²) >= 11 is 6.07. The number of ether oxygens (including phenoxy) is 1. The Morgan fingerprint density at radius 3 is 2.70 bits per heavy atom. The number of nitrogens with one attached hydrogen (secondary N) is 1. The van der Waals surface area contributed by atoms with Gasteiger partial charge in [0.05, 0.1) is 0 Å². The first kappa shape index (κ1) is 21.1. The van der Waals surface area contributed by atoms with E-state index in [1.807, 2.05) is 13.0 Å². The second-order valence-corrected chi connectivity index (χ2v) is 6.99. The van der Waals surface area contributed by atoms with Crippen molar-refractivity contribution in [1.82, 2.24) is 0 Å². The van der Waals surface area contributed by atoms with Gasteiger partial charge < -0.3 is 10.1 Å². The summed E-state index contributed by atoms with van der Waals surface area (Å²) in [5.41, 5.74) is 2.66. The van der Waals surface area contributed by atoms with Gasteiger partial charge >= 0.3 is 0 Å². The fourth-order valence-corrected chi connectivity index (χ4v) is 2.85. The van der Waals surface area contributed by atoms with Crippen molar-refractivity contribution in [3.63, 3.8) is 0 Å². The molecule has 150 valence electrons. The molecule has 30 heavy (non-hydrogen) atoms. The fourth-order valence-electron chi connectivity index (χ4n) is 2.67. The number of hydrogen-bond acceptors (Lipinski definition) is 3. The van der Waals surface area contributed by atoms with Crippen LogP contribution >= 0.6 is 11.6 Å². The maximum atomic E-state index is 13.3. The Hall–Kier alpha value is -3.62. The maximum absolute atomic E-state index is 13.3. The van der Waals surface area contributed by atoms with Crippen molar-refractivity contribution in [2.24, 2.45) is 0 Å². The molecule has 6 heteroatoms. The third-order valence-electron chi connectivity index (χ3n) is 4.26. The second-order valence-electron chi connectivity index (χ2n) is 6.58. The third kappa shape index (κ3) is 5.69. The normalized spacial score (nSPS) is 10.9. The van der Waals surface area contributed by atoms with E-state index in [-0.39, 0.29) is 18.0 Å². The quantitative estimate of drug-likeness (QED) is 0.398. The van der Waals surface area contributed by atoms with Gasteiger partial charge in [0.25, 0.3) is 5.91 Å². The van der Waals surface area contributed by atoms with Crippen molar-refractivity contribution < 1.29 is 13.9 Å². The monoisotopic (exact) mass is 420 g/mol. The number of anilines is 1. The summed E-state index contributed by atoms with van der Waals surface area (Å²) in [5, 5.41) is 12.6. The number of nitriles is 1. The average molecular weight is 421 g/mol. The van der Waals surface area contributed by atoms with Gasteiger partial charge in [-0.1, -0.05) is 41.9 Å². The maximum Gasteiger partial charge on any atom is 0.266 e. The number of rotatable bonds is 6. The molecule has 0 bridgehead atoms.